The minimum absolute atomic E-state index is 0.201. The smallest absolute Gasteiger partial charge is 0.297 e. The van der Waals surface area contributed by atoms with Crippen molar-refractivity contribution in [3.63, 3.8) is 0 Å². The Morgan fingerprint density at radius 3 is 2.62 bits per heavy atom. The molecule has 1 aromatic heterocycles. The fraction of sp³-hybridized carbons (Fsp3) is 0.750. The molecular weight excluding hydrogens is 202 g/mol. The van der Waals surface area contributed by atoms with E-state index in [0.29, 0.717) is 12.1 Å². The van der Waals surface area contributed by atoms with Crippen LogP contribution in [0.5, 0.6) is 0 Å². The highest BCUT2D eigenvalue weighted by Gasteiger charge is 2.26. The van der Waals surface area contributed by atoms with Crippen molar-refractivity contribution in [3.8, 4) is 0 Å². The fourth-order valence-electron chi connectivity index (χ4n) is 1.47. The summed E-state index contributed by atoms with van der Waals surface area (Å²) in [7, 11) is 3.92. The van der Waals surface area contributed by atoms with Crippen LogP contribution in [0.4, 0.5) is 6.01 Å². The second-order valence-electron chi connectivity index (χ2n) is 5.30. The standard InChI is InChI=1S/C12H23N3O/c1-9(12(2,3)4)15(6)11-14-10(7-13-5)8-16-11/h8-9,13H,7H2,1-6H3. The number of nitrogens with one attached hydrogen (secondary N) is 1. The van der Waals surface area contributed by atoms with Crippen molar-refractivity contribution in [2.24, 2.45) is 5.41 Å². The third-order valence-corrected chi connectivity index (χ3v) is 3.03. The van der Waals surface area contributed by atoms with Gasteiger partial charge in [-0.1, -0.05) is 20.8 Å². The minimum atomic E-state index is 0.201. The van der Waals surface area contributed by atoms with Crippen molar-refractivity contribution in [2.75, 3.05) is 19.0 Å². The highest BCUT2D eigenvalue weighted by molar-refractivity contribution is 5.28. The van der Waals surface area contributed by atoms with Gasteiger partial charge in [-0.05, 0) is 19.4 Å². The van der Waals surface area contributed by atoms with Gasteiger partial charge in [-0.25, -0.2) is 0 Å². The van der Waals surface area contributed by atoms with Crippen LogP contribution in [0.25, 0.3) is 0 Å². The Hall–Kier alpha value is -1.03. The molecule has 0 aromatic carbocycles. The first-order valence-corrected chi connectivity index (χ1v) is 5.68. The predicted molar refractivity (Wildman–Crippen MR) is 66.6 cm³/mol. The summed E-state index contributed by atoms with van der Waals surface area (Å²) < 4.78 is 5.47. The second kappa shape index (κ2) is 4.87. The zero-order valence-corrected chi connectivity index (χ0v) is 11.2. The topological polar surface area (TPSA) is 41.3 Å². The Morgan fingerprint density at radius 2 is 2.12 bits per heavy atom. The molecule has 4 heteroatoms. The van der Waals surface area contributed by atoms with E-state index in [1.807, 2.05) is 14.1 Å². The Kier molecular flexibility index (Phi) is 3.97. The summed E-state index contributed by atoms with van der Waals surface area (Å²) in [6.07, 6.45) is 1.71. The van der Waals surface area contributed by atoms with E-state index >= 15 is 0 Å². The molecular formula is C12H23N3O. The van der Waals surface area contributed by atoms with Crippen LogP contribution in [0.3, 0.4) is 0 Å². The molecule has 0 bridgehead atoms. The van der Waals surface area contributed by atoms with Gasteiger partial charge in [-0.2, -0.15) is 4.98 Å². The van der Waals surface area contributed by atoms with Gasteiger partial charge in [-0.3, -0.25) is 0 Å². The van der Waals surface area contributed by atoms with E-state index in [1.165, 1.54) is 0 Å². The molecule has 4 nitrogen and oxygen atoms in total. The maximum atomic E-state index is 5.47. The number of hydrogen-bond acceptors (Lipinski definition) is 4. The lowest BCUT2D eigenvalue weighted by Gasteiger charge is -2.34. The summed E-state index contributed by atoms with van der Waals surface area (Å²) in [5, 5.41) is 3.05. The van der Waals surface area contributed by atoms with Crippen LogP contribution in [-0.4, -0.2) is 25.1 Å². The van der Waals surface area contributed by atoms with Crippen LogP contribution in [0, 0.1) is 5.41 Å². The minimum Gasteiger partial charge on any atom is -0.432 e. The van der Waals surface area contributed by atoms with Gasteiger partial charge in [0.05, 0.1) is 5.69 Å². The number of anilines is 1. The van der Waals surface area contributed by atoms with Crippen molar-refractivity contribution >= 4 is 6.01 Å². The molecule has 92 valence electrons. The van der Waals surface area contributed by atoms with Crippen LogP contribution < -0.4 is 10.2 Å². The first-order chi connectivity index (χ1) is 7.36. The molecule has 0 saturated heterocycles. The van der Waals surface area contributed by atoms with Gasteiger partial charge in [0.15, 0.2) is 0 Å². The van der Waals surface area contributed by atoms with Crippen molar-refractivity contribution in [3.05, 3.63) is 12.0 Å². The Labute approximate surface area is 98.0 Å². The molecule has 0 fully saturated rings. The average molecular weight is 225 g/mol. The SMILES string of the molecule is CNCc1coc(N(C)C(C)C(C)(C)C)n1. The quantitative estimate of drug-likeness (QED) is 0.853. The van der Waals surface area contributed by atoms with Crippen molar-refractivity contribution in [2.45, 2.75) is 40.3 Å². The van der Waals surface area contributed by atoms with E-state index in [0.717, 1.165) is 12.2 Å². The zero-order valence-electron chi connectivity index (χ0n) is 11.2. The molecule has 1 atom stereocenters. The second-order valence-corrected chi connectivity index (χ2v) is 5.30. The molecule has 0 radical (unpaired) electrons. The lowest BCUT2D eigenvalue weighted by Crippen LogP contribution is -2.39. The Morgan fingerprint density at radius 1 is 1.50 bits per heavy atom. The third-order valence-electron chi connectivity index (χ3n) is 3.03. The predicted octanol–water partition coefficient (Wildman–Crippen LogP) is 2.26. The van der Waals surface area contributed by atoms with Crippen molar-refractivity contribution in [1.82, 2.24) is 10.3 Å². The summed E-state index contributed by atoms with van der Waals surface area (Å²) in [5.74, 6) is 0. The van der Waals surface area contributed by atoms with Crippen molar-refractivity contribution < 1.29 is 4.42 Å². The summed E-state index contributed by atoms with van der Waals surface area (Å²) in [6.45, 7) is 9.56. The molecule has 1 rings (SSSR count). The number of rotatable bonds is 4. The molecule has 1 heterocycles. The largest absolute Gasteiger partial charge is 0.432 e. The molecule has 0 saturated carbocycles. The van der Waals surface area contributed by atoms with Crippen LogP contribution in [0.1, 0.15) is 33.4 Å². The summed E-state index contributed by atoms with van der Waals surface area (Å²) in [6, 6.07) is 1.06. The molecule has 16 heavy (non-hydrogen) atoms. The molecule has 0 aliphatic rings. The van der Waals surface area contributed by atoms with Gasteiger partial charge >= 0.3 is 0 Å². The molecule has 0 spiro atoms. The van der Waals surface area contributed by atoms with E-state index in [9.17, 15) is 0 Å². The van der Waals surface area contributed by atoms with Gasteiger partial charge in [0, 0.05) is 19.6 Å². The molecule has 0 amide bonds. The van der Waals surface area contributed by atoms with Crippen molar-refractivity contribution in [1.29, 1.82) is 0 Å². The van der Waals surface area contributed by atoms with E-state index in [-0.39, 0.29) is 5.41 Å². The third kappa shape index (κ3) is 2.98. The number of oxazole rings is 1. The van der Waals surface area contributed by atoms with Gasteiger partial charge in [0.1, 0.15) is 6.26 Å². The highest BCUT2D eigenvalue weighted by Crippen LogP contribution is 2.26. The highest BCUT2D eigenvalue weighted by atomic mass is 16.4. The fourth-order valence-corrected chi connectivity index (χ4v) is 1.47. The maximum absolute atomic E-state index is 5.47. The number of aromatic nitrogens is 1. The average Bonchev–Trinajstić information content (AvgIpc) is 2.63. The molecule has 1 N–H and O–H groups in total. The lowest BCUT2D eigenvalue weighted by molar-refractivity contribution is 0.318. The molecule has 1 unspecified atom stereocenters. The van der Waals surface area contributed by atoms with Gasteiger partial charge in [-0.15, -0.1) is 0 Å². The normalized spacial score (nSPS) is 13.9. The summed E-state index contributed by atoms with van der Waals surface area (Å²) in [5.41, 5.74) is 1.14. The van der Waals surface area contributed by atoms with Crippen LogP contribution in [-0.2, 0) is 6.54 Å². The first kappa shape index (κ1) is 13.0. The summed E-state index contributed by atoms with van der Waals surface area (Å²) >= 11 is 0. The number of hydrogen-bond donors (Lipinski definition) is 1. The first-order valence-electron chi connectivity index (χ1n) is 5.68. The number of nitrogens with zero attached hydrogens (tertiary/aromatic N) is 2. The van der Waals surface area contributed by atoms with Crippen LogP contribution >= 0.6 is 0 Å². The lowest BCUT2D eigenvalue weighted by atomic mass is 9.87. The van der Waals surface area contributed by atoms with E-state index in [2.05, 4.69) is 42.9 Å². The van der Waals surface area contributed by atoms with Crippen LogP contribution in [0.15, 0.2) is 10.7 Å². The maximum Gasteiger partial charge on any atom is 0.297 e. The van der Waals surface area contributed by atoms with Gasteiger partial charge in [0.25, 0.3) is 6.01 Å². The summed E-state index contributed by atoms with van der Waals surface area (Å²) in [4.78, 5) is 6.51. The van der Waals surface area contributed by atoms with Gasteiger partial charge < -0.3 is 14.6 Å². The van der Waals surface area contributed by atoms with Crippen LogP contribution in [0.2, 0.25) is 0 Å². The molecule has 1 aromatic rings. The van der Waals surface area contributed by atoms with E-state index < -0.39 is 0 Å². The van der Waals surface area contributed by atoms with E-state index in [1.54, 1.807) is 6.26 Å². The zero-order chi connectivity index (χ0) is 12.3. The Balaban J connectivity index is 2.76. The van der Waals surface area contributed by atoms with Gasteiger partial charge in [0.2, 0.25) is 0 Å². The molecule has 0 aliphatic carbocycles. The monoisotopic (exact) mass is 225 g/mol. The molecule has 0 aliphatic heterocycles. The van der Waals surface area contributed by atoms with E-state index in [4.69, 9.17) is 4.42 Å². The Bertz CT molecular complexity index is 327.